The van der Waals surface area contributed by atoms with Crippen molar-refractivity contribution in [1.82, 2.24) is 9.78 Å². The highest BCUT2D eigenvalue weighted by atomic mass is 127. The maximum Gasteiger partial charge on any atom is 0.103 e. The molecular weight excluding hydrogens is 354 g/mol. The summed E-state index contributed by atoms with van der Waals surface area (Å²) in [6.07, 6.45) is 1.97. The van der Waals surface area contributed by atoms with Crippen LogP contribution in [0.15, 0.2) is 10.7 Å². The molecule has 0 bridgehead atoms. The van der Waals surface area contributed by atoms with Crippen molar-refractivity contribution in [2.45, 2.75) is 20.1 Å². The summed E-state index contributed by atoms with van der Waals surface area (Å²) in [5, 5.41) is 4.31. The van der Waals surface area contributed by atoms with Gasteiger partial charge < -0.3 is 4.52 Å². The molecule has 0 aliphatic heterocycles. The lowest BCUT2D eigenvalue weighted by Crippen LogP contribution is -1.95. The average molecular weight is 363 g/mol. The molecule has 0 radical (unpaired) electrons. The van der Waals surface area contributed by atoms with E-state index in [0.29, 0.717) is 13.1 Å². The number of nitrogens with zero attached hydrogens (tertiary/aromatic N) is 2. The Morgan fingerprint density at radius 1 is 1.83 bits per heavy atom. The normalized spacial score (nSPS) is 11.6. The zero-order chi connectivity index (χ0) is 8.97. The summed E-state index contributed by atoms with van der Waals surface area (Å²) in [7, 11) is 0. The lowest BCUT2D eigenvalue weighted by molar-refractivity contribution is 0.351. The highest BCUT2D eigenvalue weighted by molar-refractivity contribution is 14.2. The van der Waals surface area contributed by atoms with E-state index in [-0.39, 0.29) is 0 Å². The molecule has 0 amide bonds. The van der Waals surface area contributed by atoms with Crippen LogP contribution >= 0.6 is 44.4 Å². The van der Waals surface area contributed by atoms with E-state index < -0.39 is 0 Å². The monoisotopic (exact) mass is 362 g/mol. The fraction of sp³-hybridized carbons (Fsp3) is 0.500. The van der Waals surface area contributed by atoms with Crippen LogP contribution in [0.2, 0.25) is 0 Å². The van der Waals surface area contributed by atoms with Crippen LogP contribution in [0.25, 0.3) is 0 Å². The molecule has 12 heavy (non-hydrogen) atoms. The summed E-state index contributed by atoms with van der Waals surface area (Å²) in [4.78, 5) is 0. The van der Waals surface area contributed by atoms with E-state index in [0.717, 1.165) is 16.7 Å². The second kappa shape index (κ2) is 5.52. The molecule has 1 aromatic rings. The van der Waals surface area contributed by atoms with E-state index in [9.17, 15) is 0 Å². The smallest absolute Gasteiger partial charge is 0.103 e. The molecule has 0 spiro atoms. The van der Waals surface area contributed by atoms with E-state index in [1.54, 1.807) is 0 Å². The van der Waals surface area contributed by atoms with Gasteiger partial charge in [-0.1, -0.05) is 0 Å². The first kappa shape index (κ1) is 10.9. The molecule has 0 aromatic carbocycles. The molecule has 6 heteroatoms. The van der Waals surface area contributed by atoms with Crippen molar-refractivity contribution >= 4 is 44.4 Å². The van der Waals surface area contributed by atoms with Gasteiger partial charge in [0.15, 0.2) is 0 Å². The molecule has 0 N–H and O–H groups in total. The zero-order valence-electron chi connectivity index (χ0n) is 6.55. The van der Waals surface area contributed by atoms with Gasteiger partial charge in [-0.15, -0.1) is 0 Å². The molecular formula is C6H9BrIN2OP. The van der Waals surface area contributed by atoms with Crippen LogP contribution in [0.1, 0.15) is 12.6 Å². The molecule has 1 heterocycles. The van der Waals surface area contributed by atoms with Crippen molar-refractivity contribution in [1.29, 1.82) is 0 Å². The Balaban J connectivity index is 2.64. The lowest BCUT2D eigenvalue weighted by atomic mass is 10.5. The van der Waals surface area contributed by atoms with Crippen molar-refractivity contribution < 1.29 is 4.52 Å². The quantitative estimate of drug-likeness (QED) is 0.607. The Labute approximate surface area is 94.7 Å². The second-order valence-corrected chi connectivity index (χ2v) is 4.76. The molecule has 1 aromatic heterocycles. The molecule has 0 saturated carbocycles. The SMILES string of the molecule is CCn1cc(Br)c(COPI)n1. The number of hydrogen-bond donors (Lipinski definition) is 0. The van der Waals surface area contributed by atoms with Gasteiger partial charge in [-0.05, 0) is 44.9 Å². The van der Waals surface area contributed by atoms with Gasteiger partial charge in [0.2, 0.25) is 0 Å². The lowest BCUT2D eigenvalue weighted by Gasteiger charge is -1.95. The summed E-state index contributed by atoms with van der Waals surface area (Å²) < 4.78 is 8.18. The minimum Gasteiger partial charge on any atom is -0.345 e. The summed E-state index contributed by atoms with van der Waals surface area (Å²) in [5.74, 6) is 0. The van der Waals surface area contributed by atoms with Crippen LogP contribution < -0.4 is 0 Å². The number of rotatable bonds is 4. The van der Waals surface area contributed by atoms with Gasteiger partial charge in [0.1, 0.15) is 5.69 Å². The summed E-state index contributed by atoms with van der Waals surface area (Å²) in [6.45, 7) is 4.04. The highest BCUT2D eigenvalue weighted by Crippen LogP contribution is 2.25. The maximum atomic E-state index is 5.27. The third-order valence-electron chi connectivity index (χ3n) is 1.37. The van der Waals surface area contributed by atoms with E-state index in [1.165, 1.54) is 0 Å². The summed E-state index contributed by atoms with van der Waals surface area (Å²) in [5.41, 5.74) is 0.973. The first-order chi connectivity index (χ1) is 5.77. The summed E-state index contributed by atoms with van der Waals surface area (Å²) in [6, 6.07) is 0. The van der Waals surface area contributed by atoms with Crippen molar-refractivity contribution in [3.63, 3.8) is 0 Å². The predicted octanol–water partition coefficient (Wildman–Crippen LogP) is 3.13. The Morgan fingerprint density at radius 2 is 2.58 bits per heavy atom. The molecule has 0 aliphatic carbocycles. The molecule has 0 aliphatic rings. The fourth-order valence-electron chi connectivity index (χ4n) is 0.792. The van der Waals surface area contributed by atoms with Crippen LogP contribution in [-0.2, 0) is 17.7 Å². The number of hydrogen-bond acceptors (Lipinski definition) is 2. The number of halogens is 2. The van der Waals surface area contributed by atoms with Gasteiger partial charge in [0, 0.05) is 12.7 Å². The van der Waals surface area contributed by atoms with Crippen molar-refractivity contribution in [3.8, 4) is 0 Å². The fourth-order valence-corrected chi connectivity index (χ4v) is 1.88. The Hall–Kier alpha value is 0.810. The Kier molecular flexibility index (Phi) is 5.01. The Bertz CT molecular complexity index is 256. The van der Waals surface area contributed by atoms with E-state index in [1.807, 2.05) is 10.9 Å². The molecule has 1 atom stereocenters. The van der Waals surface area contributed by atoms with Gasteiger partial charge >= 0.3 is 0 Å². The van der Waals surface area contributed by atoms with Crippen LogP contribution in [-0.4, -0.2) is 9.78 Å². The van der Waals surface area contributed by atoms with Gasteiger partial charge in [0.25, 0.3) is 0 Å². The topological polar surface area (TPSA) is 27.1 Å². The van der Waals surface area contributed by atoms with Gasteiger partial charge in [-0.25, -0.2) is 0 Å². The average Bonchev–Trinajstić information content (AvgIpc) is 2.43. The van der Waals surface area contributed by atoms with Crippen molar-refractivity contribution in [3.05, 3.63) is 16.4 Å². The first-order valence-corrected chi connectivity index (χ1v) is 8.28. The van der Waals surface area contributed by atoms with Crippen molar-refractivity contribution in [2.75, 3.05) is 0 Å². The number of aromatic nitrogens is 2. The predicted molar refractivity (Wildman–Crippen MR) is 62.7 cm³/mol. The van der Waals surface area contributed by atoms with E-state index in [2.05, 4.69) is 50.0 Å². The van der Waals surface area contributed by atoms with Crippen LogP contribution in [0.4, 0.5) is 0 Å². The molecule has 0 fully saturated rings. The largest absolute Gasteiger partial charge is 0.345 e. The van der Waals surface area contributed by atoms with E-state index in [4.69, 9.17) is 4.52 Å². The minimum absolute atomic E-state index is 0.489. The Morgan fingerprint density at radius 3 is 3.08 bits per heavy atom. The standard InChI is InChI=1S/C6H9BrIN2OP/c1-2-10-3-5(7)6(9-10)4-11-12-8/h3,12H,2,4H2,1H3. The van der Waals surface area contributed by atoms with Crippen LogP contribution in [0.3, 0.4) is 0 Å². The van der Waals surface area contributed by atoms with Gasteiger partial charge in [0.05, 0.1) is 17.5 Å². The van der Waals surface area contributed by atoms with Crippen molar-refractivity contribution in [2.24, 2.45) is 0 Å². The van der Waals surface area contributed by atoms with Gasteiger partial charge in [-0.3, -0.25) is 4.68 Å². The molecule has 68 valence electrons. The second-order valence-electron chi connectivity index (χ2n) is 2.15. The highest BCUT2D eigenvalue weighted by Gasteiger charge is 2.04. The third kappa shape index (κ3) is 2.94. The molecule has 1 rings (SSSR count). The minimum atomic E-state index is 0.489. The third-order valence-corrected chi connectivity index (χ3v) is 3.22. The van der Waals surface area contributed by atoms with E-state index >= 15 is 0 Å². The summed E-state index contributed by atoms with van der Waals surface area (Å²) >= 11 is 5.62. The maximum absolute atomic E-state index is 5.27. The zero-order valence-corrected chi connectivity index (χ0v) is 11.3. The first-order valence-electron chi connectivity index (χ1n) is 3.47. The van der Waals surface area contributed by atoms with Crippen LogP contribution in [0.5, 0.6) is 0 Å². The number of aryl methyl sites for hydroxylation is 1. The molecule has 0 saturated heterocycles. The molecule has 1 unspecified atom stereocenters. The van der Waals surface area contributed by atoms with Crippen LogP contribution in [0, 0.1) is 0 Å². The van der Waals surface area contributed by atoms with Gasteiger partial charge in [-0.2, -0.15) is 5.10 Å². The molecule has 3 nitrogen and oxygen atoms in total.